The lowest BCUT2D eigenvalue weighted by Gasteiger charge is -2.32. The van der Waals surface area contributed by atoms with Crippen LogP contribution in [0.15, 0.2) is 17.4 Å². The van der Waals surface area contributed by atoms with Gasteiger partial charge in [0.2, 0.25) is 0 Å². The van der Waals surface area contributed by atoms with Crippen molar-refractivity contribution in [3.63, 3.8) is 0 Å². The van der Waals surface area contributed by atoms with Crippen LogP contribution in [0.4, 0.5) is 0 Å². The average Bonchev–Trinajstić information content (AvgIpc) is 3.18. The predicted octanol–water partition coefficient (Wildman–Crippen LogP) is 2.11. The van der Waals surface area contributed by atoms with Gasteiger partial charge >= 0.3 is 5.97 Å². The van der Waals surface area contributed by atoms with Gasteiger partial charge in [-0.2, -0.15) is 0 Å². The van der Waals surface area contributed by atoms with Crippen LogP contribution in [0, 0.1) is 12.8 Å². The van der Waals surface area contributed by atoms with Gasteiger partial charge in [0.1, 0.15) is 5.54 Å². The Bertz CT molecular complexity index is 491. The Kier molecular flexibility index (Phi) is 4.65. The fraction of sp³-hybridized carbons (Fsp3) is 0.643. The van der Waals surface area contributed by atoms with Crippen LogP contribution in [0.25, 0.3) is 0 Å². The quantitative estimate of drug-likeness (QED) is 0.593. The van der Waals surface area contributed by atoms with Crippen LogP contribution in [-0.4, -0.2) is 38.4 Å². The second-order valence-electron chi connectivity index (χ2n) is 5.62. The second kappa shape index (κ2) is 6.10. The molecule has 0 amide bonds. The van der Waals surface area contributed by atoms with Crippen LogP contribution in [0.1, 0.15) is 32.4 Å². The van der Waals surface area contributed by atoms with Gasteiger partial charge in [-0.15, -0.1) is 0 Å². The average molecular weight is 295 g/mol. The number of nitrogens with one attached hydrogen (secondary N) is 1. The van der Waals surface area contributed by atoms with Crippen molar-refractivity contribution in [3.8, 4) is 0 Å². The van der Waals surface area contributed by atoms with Crippen LogP contribution in [0.5, 0.6) is 0 Å². The number of hydrogen-bond acceptors (Lipinski definition) is 5. The molecular weight excluding hydrogens is 274 g/mol. The summed E-state index contributed by atoms with van der Waals surface area (Å²) in [5.74, 6) is -0.109. The molecule has 1 aliphatic carbocycles. The Hall–Kier alpha value is -1.14. The lowest BCUT2D eigenvalue weighted by Crippen LogP contribution is -2.58. The SMILES string of the molecule is Cc1ccnc(SCC(NC(C)C)(C(=O)O)C2CC2)n1. The molecule has 2 N–H and O–H groups in total. The number of nitrogens with zero attached hydrogens (tertiary/aromatic N) is 2. The van der Waals surface area contributed by atoms with Gasteiger partial charge in [0, 0.05) is 23.7 Å². The minimum atomic E-state index is -0.869. The molecule has 1 aromatic heterocycles. The summed E-state index contributed by atoms with van der Waals surface area (Å²) in [7, 11) is 0. The lowest BCUT2D eigenvalue weighted by atomic mass is 9.94. The molecule has 0 spiro atoms. The summed E-state index contributed by atoms with van der Waals surface area (Å²) in [4.78, 5) is 20.3. The van der Waals surface area contributed by atoms with Gasteiger partial charge in [-0.05, 0) is 45.6 Å². The number of aliphatic carboxylic acids is 1. The highest BCUT2D eigenvalue weighted by Gasteiger charge is 2.51. The summed E-state index contributed by atoms with van der Waals surface area (Å²) >= 11 is 1.41. The summed E-state index contributed by atoms with van der Waals surface area (Å²) in [6.07, 6.45) is 3.66. The molecule has 6 heteroatoms. The van der Waals surface area contributed by atoms with E-state index in [-0.39, 0.29) is 12.0 Å². The minimum Gasteiger partial charge on any atom is -0.480 e. The maximum absolute atomic E-state index is 11.8. The van der Waals surface area contributed by atoms with Crippen LogP contribution in [0.2, 0.25) is 0 Å². The first kappa shape index (κ1) is 15.3. The normalized spacial score (nSPS) is 18.0. The molecule has 0 saturated heterocycles. The van der Waals surface area contributed by atoms with Crippen LogP contribution >= 0.6 is 11.8 Å². The molecule has 0 bridgehead atoms. The van der Waals surface area contributed by atoms with Gasteiger partial charge in [-0.3, -0.25) is 10.1 Å². The van der Waals surface area contributed by atoms with E-state index in [0.29, 0.717) is 10.9 Å². The lowest BCUT2D eigenvalue weighted by molar-refractivity contribution is -0.145. The number of thioether (sulfide) groups is 1. The van der Waals surface area contributed by atoms with E-state index in [4.69, 9.17) is 0 Å². The van der Waals surface area contributed by atoms with E-state index in [2.05, 4.69) is 15.3 Å². The maximum atomic E-state index is 11.8. The molecule has 20 heavy (non-hydrogen) atoms. The zero-order valence-corrected chi connectivity index (χ0v) is 12.9. The molecule has 1 aromatic rings. The number of carboxylic acids is 1. The van der Waals surface area contributed by atoms with Crippen LogP contribution < -0.4 is 5.32 Å². The molecule has 0 radical (unpaired) electrons. The van der Waals surface area contributed by atoms with E-state index in [1.54, 1.807) is 6.20 Å². The van der Waals surface area contributed by atoms with Crippen molar-refractivity contribution in [2.24, 2.45) is 5.92 Å². The van der Waals surface area contributed by atoms with Crippen molar-refractivity contribution in [3.05, 3.63) is 18.0 Å². The van der Waals surface area contributed by atoms with Gasteiger partial charge in [-0.1, -0.05) is 11.8 Å². The van der Waals surface area contributed by atoms with E-state index in [0.717, 1.165) is 18.5 Å². The summed E-state index contributed by atoms with van der Waals surface area (Å²) in [6, 6.07) is 1.97. The van der Waals surface area contributed by atoms with E-state index in [1.807, 2.05) is 26.8 Å². The first-order valence-corrected chi connectivity index (χ1v) is 7.86. The second-order valence-corrected chi connectivity index (χ2v) is 6.56. The summed E-state index contributed by atoms with van der Waals surface area (Å²) in [6.45, 7) is 5.87. The molecule has 5 nitrogen and oxygen atoms in total. The molecule has 0 aliphatic heterocycles. The van der Waals surface area contributed by atoms with E-state index in [9.17, 15) is 9.90 Å². The number of rotatable bonds is 7. The van der Waals surface area contributed by atoms with Crippen molar-refractivity contribution < 1.29 is 9.90 Å². The Balaban J connectivity index is 2.13. The zero-order chi connectivity index (χ0) is 14.8. The standard InChI is InChI=1S/C14H21N3O2S/c1-9(2)17-14(12(18)19,11-4-5-11)8-20-13-15-7-6-10(3)16-13/h6-7,9,11,17H,4-5,8H2,1-3H3,(H,18,19). The fourth-order valence-electron chi connectivity index (χ4n) is 2.34. The molecule has 110 valence electrons. The summed E-state index contributed by atoms with van der Waals surface area (Å²) in [5.41, 5.74) is 0.0260. The molecule has 1 unspecified atom stereocenters. The third kappa shape index (κ3) is 3.49. The van der Waals surface area contributed by atoms with Crippen LogP contribution in [0.3, 0.4) is 0 Å². The number of carboxylic acid groups (broad SMARTS) is 1. The van der Waals surface area contributed by atoms with Crippen molar-refractivity contribution in [1.82, 2.24) is 15.3 Å². The number of carbonyl (C=O) groups is 1. The Morgan fingerprint density at radius 3 is 2.80 bits per heavy atom. The van der Waals surface area contributed by atoms with Gasteiger partial charge in [-0.25, -0.2) is 9.97 Å². The fourth-order valence-corrected chi connectivity index (χ4v) is 3.48. The number of aromatic nitrogens is 2. The molecule has 1 atom stereocenters. The third-order valence-corrected chi connectivity index (χ3v) is 4.46. The molecule has 0 aromatic carbocycles. The Morgan fingerprint density at radius 2 is 2.30 bits per heavy atom. The molecular formula is C14H21N3O2S. The van der Waals surface area contributed by atoms with Crippen molar-refractivity contribution in [1.29, 1.82) is 0 Å². The van der Waals surface area contributed by atoms with Gasteiger partial charge in [0.15, 0.2) is 5.16 Å². The molecule has 1 fully saturated rings. The first-order valence-electron chi connectivity index (χ1n) is 6.87. The molecule has 1 saturated carbocycles. The van der Waals surface area contributed by atoms with Crippen molar-refractivity contribution >= 4 is 17.7 Å². The largest absolute Gasteiger partial charge is 0.480 e. The molecule has 1 aliphatic rings. The topological polar surface area (TPSA) is 75.1 Å². The van der Waals surface area contributed by atoms with Crippen molar-refractivity contribution in [2.75, 3.05) is 5.75 Å². The van der Waals surface area contributed by atoms with Gasteiger partial charge < -0.3 is 5.11 Å². The predicted molar refractivity (Wildman–Crippen MR) is 78.9 cm³/mol. The number of aryl methyl sites for hydroxylation is 1. The van der Waals surface area contributed by atoms with Crippen molar-refractivity contribution in [2.45, 2.75) is 50.4 Å². The van der Waals surface area contributed by atoms with E-state index < -0.39 is 11.5 Å². The molecule has 2 rings (SSSR count). The Labute approximate surface area is 123 Å². The number of hydrogen-bond donors (Lipinski definition) is 2. The highest BCUT2D eigenvalue weighted by molar-refractivity contribution is 7.99. The van der Waals surface area contributed by atoms with Gasteiger partial charge in [0.05, 0.1) is 0 Å². The van der Waals surface area contributed by atoms with Crippen LogP contribution in [-0.2, 0) is 4.79 Å². The monoisotopic (exact) mass is 295 g/mol. The smallest absolute Gasteiger partial charge is 0.325 e. The van der Waals surface area contributed by atoms with E-state index in [1.165, 1.54) is 11.8 Å². The highest BCUT2D eigenvalue weighted by Crippen LogP contribution is 2.42. The first-order chi connectivity index (χ1) is 9.44. The maximum Gasteiger partial charge on any atom is 0.325 e. The zero-order valence-electron chi connectivity index (χ0n) is 12.1. The third-order valence-electron chi connectivity index (χ3n) is 3.40. The van der Waals surface area contributed by atoms with Gasteiger partial charge in [0.25, 0.3) is 0 Å². The molecule has 1 heterocycles. The Morgan fingerprint density at radius 1 is 1.60 bits per heavy atom. The summed E-state index contributed by atoms with van der Waals surface area (Å²) in [5, 5.41) is 13.6. The summed E-state index contributed by atoms with van der Waals surface area (Å²) < 4.78 is 0. The minimum absolute atomic E-state index is 0.130. The highest BCUT2D eigenvalue weighted by atomic mass is 32.2. The van der Waals surface area contributed by atoms with E-state index >= 15 is 0 Å².